The van der Waals surface area contributed by atoms with Gasteiger partial charge in [0.2, 0.25) is 10.0 Å². The molecule has 1 rings (SSSR count). The molecule has 0 aromatic heterocycles. The molecule has 0 fully saturated rings. The third-order valence-electron chi connectivity index (χ3n) is 2.05. The van der Waals surface area contributed by atoms with E-state index in [4.69, 9.17) is 5.26 Å². The van der Waals surface area contributed by atoms with Gasteiger partial charge in [0.25, 0.3) is 5.69 Å². The third kappa shape index (κ3) is 4.12. The number of benzene rings is 1. The highest BCUT2D eigenvalue weighted by atomic mass is 32.2. The van der Waals surface area contributed by atoms with Crippen LogP contribution in [-0.2, 0) is 15.8 Å². The van der Waals surface area contributed by atoms with Gasteiger partial charge >= 0.3 is 0 Å². The number of rotatable bonds is 5. The zero-order valence-electron chi connectivity index (χ0n) is 9.53. The molecule has 0 aliphatic carbocycles. The second-order valence-electron chi connectivity index (χ2n) is 3.65. The Morgan fingerprint density at radius 2 is 2.00 bits per heavy atom. The summed E-state index contributed by atoms with van der Waals surface area (Å²) in [5, 5.41) is 18.9. The average Bonchev–Trinajstić information content (AvgIpc) is 2.28. The highest BCUT2D eigenvalue weighted by Crippen LogP contribution is 2.13. The van der Waals surface area contributed by atoms with Crippen LogP contribution in [0.3, 0.4) is 0 Å². The van der Waals surface area contributed by atoms with E-state index in [1.165, 1.54) is 31.2 Å². The van der Waals surface area contributed by atoms with E-state index in [1.54, 1.807) is 6.07 Å². The first kappa shape index (κ1) is 14.1. The Morgan fingerprint density at radius 1 is 1.44 bits per heavy atom. The van der Waals surface area contributed by atoms with Crippen molar-refractivity contribution in [2.24, 2.45) is 0 Å². The third-order valence-corrected chi connectivity index (χ3v) is 3.48. The van der Waals surface area contributed by atoms with Crippen LogP contribution < -0.4 is 4.72 Å². The smallest absolute Gasteiger partial charge is 0.258 e. The fourth-order valence-electron chi connectivity index (χ4n) is 1.27. The zero-order valence-corrected chi connectivity index (χ0v) is 10.3. The number of nitrogens with one attached hydrogen (secondary N) is 1. The van der Waals surface area contributed by atoms with E-state index >= 15 is 0 Å². The second kappa shape index (κ2) is 5.57. The summed E-state index contributed by atoms with van der Waals surface area (Å²) in [7, 11) is -3.62. The number of sulfonamides is 1. The lowest BCUT2D eigenvalue weighted by atomic mass is 10.2. The molecule has 1 aromatic carbocycles. The Bertz CT molecular complexity index is 574. The Labute approximate surface area is 104 Å². The summed E-state index contributed by atoms with van der Waals surface area (Å²) in [5.41, 5.74) is 0.313. The summed E-state index contributed by atoms with van der Waals surface area (Å²) in [5.74, 6) is -0.322. The van der Waals surface area contributed by atoms with Crippen molar-refractivity contribution in [2.45, 2.75) is 18.7 Å². The van der Waals surface area contributed by atoms with Gasteiger partial charge in [-0.15, -0.1) is 0 Å². The lowest BCUT2D eigenvalue weighted by Crippen LogP contribution is -2.32. The monoisotopic (exact) mass is 269 g/mol. The number of nitrogens with zero attached hydrogens (tertiary/aromatic N) is 2. The molecule has 0 aliphatic rings. The topological polar surface area (TPSA) is 113 Å². The van der Waals surface area contributed by atoms with Crippen molar-refractivity contribution < 1.29 is 13.3 Å². The quantitative estimate of drug-likeness (QED) is 0.630. The molecule has 0 saturated carbocycles. The molecule has 0 bridgehead atoms. The van der Waals surface area contributed by atoms with Gasteiger partial charge in [-0.3, -0.25) is 10.1 Å². The van der Waals surface area contributed by atoms with Crippen molar-refractivity contribution in [2.75, 3.05) is 0 Å². The van der Waals surface area contributed by atoms with Crippen LogP contribution in [-0.4, -0.2) is 19.4 Å². The molecular weight excluding hydrogens is 258 g/mol. The highest BCUT2D eigenvalue weighted by molar-refractivity contribution is 7.88. The summed E-state index contributed by atoms with van der Waals surface area (Å²) in [6, 6.07) is 6.15. The van der Waals surface area contributed by atoms with E-state index in [-0.39, 0.29) is 11.4 Å². The molecule has 96 valence electrons. The Balaban J connectivity index is 2.79. The molecule has 0 spiro atoms. The fourth-order valence-corrected chi connectivity index (χ4v) is 2.58. The number of nitro groups is 1. The molecule has 0 aliphatic heterocycles. The first-order chi connectivity index (χ1) is 8.34. The van der Waals surface area contributed by atoms with Crippen LogP contribution in [0.2, 0.25) is 0 Å². The van der Waals surface area contributed by atoms with Crippen LogP contribution in [0.25, 0.3) is 0 Å². The molecular formula is C10H11N3O4S. The molecule has 1 N–H and O–H groups in total. The Hall–Kier alpha value is -1.98. The van der Waals surface area contributed by atoms with Crippen LogP contribution in [0, 0.1) is 21.4 Å². The standard InChI is InChI=1S/C10H11N3O4S/c1-8(6-11)12-18(16,17)7-9-2-4-10(5-3-9)13(14)15/h2-5,8,12H,7H2,1H3. The molecule has 7 nitrogen and oxygen atoms in total. The van der Waals surface area contributed by atoms with Crippen molar-refractivity contribution in [3.8, 4) is 6.07 Å². The fraction of sp³-hybridized carbons (Fsp3) is 0.300. The minimum Gasteiger partial charge on any atom is -0.258 e. The predicted octanol–water partition coefficient (Wildman–Crippen LogP) is 0.926. The first-order valence-electron chi connectivity index (χ1n) is 4.97. The van der Waals surface area contributed by atoms with Crippen molar-refractivity contribution in [1.82, 2.24) is 4.72 Å². The van der Waals surface area contributed by atoms with Crippen LogP contribution >= 0.6 is 0 Å². The van der Waals surface area contributed by atoms with Crippen LogP contribution in [0.4, 0.5) is 5.69 Å². The van der Waals surface area contributed by atoms with E-state index in [0.29, 0.717) is 5.56 Å². The predicted molar refractivity (Wildman–Crippen MR) is 63.9 cm³/mol. The minimum absolute atomic E-state index is 0.102. The molecule has 8 heteroatoms. The van der Waals surface area contributed by atoms with E-state index in [9.17, 15) is 18.5 Å². The molecule has 0 amide bonds. The summed E-state index contributed by atoms with van der Waals surface area (Å²) in [4.78, 5) is 9.86. The van der Waals surface area contributed by atoms with Gasteiger partial charge in [-0.1, -0.05) is 12.1 Å². The van der Waals surface area contributed by atoms with E-state index in [1.807, 2.05) is 0 Å². The van der Waals surface area contributed by atoms with Crippen molar-refractivity contribution in [3.05, 3.63) is 39.9 Å². The maximum absolute atomic E-state index is 11.6. The molecule has 1 atom stereocenters. The van der Waals surface area contributed by atoms with Gasteiger partial charge in [0, 0.05) is 12.1 Å². The number of hydrogen-bond acceptors (Lipinski definition) is 5. The van der Waals surface area contributed by atoms with Gasteiger partial charge in [-0.05, 0) is 12.5 Å². The van der Waals surface area contributed by atoms with Gasteiger partial charge < -0.3 is 0 Å². The van der Waals surface area contributed by atoms with Gasteiger partial charge in [0.1, 0.15) is 6.04 Å². The molecule has 0 saturated heterocycles. The molecule has 1 aromatic rings. The van der Waals surface area contributed by atoms with Crippen molar-refractivity contribution >= 4 is 15.7 Å². The molecule has 18 heavy (non-hydrogen) atoms. The number of nitro benzene ring substituents is 1. The van der Waals surface area contributed by atoms with Gasteiger partial charge in [-0.2, -0.15) is 9.98 Å². The zero-order chi connectivity index (χ0) is 13.8. The van der Waals surface area contributed by atoms with E-state index in [2.05, 4.69) is 4.72 Å². The summed E-state index contributed by atoms with van der Waals surface area (Å²) in [6.45, 7) is 1.42. The maximum atomic E-state index is 11.6. The normalized spacial score (nSPS) is 12.7. The molecule has 0 radical (unpaired) electrons. The lowest BCUT2D eigenvalue weighted by Gasteiger charge is -2.07. The summed E-state index contributed by atoms with van der Waals surface area (Å²) >= 11 is 0. The summed E-state index contributed by atoms with van der Waals surface area (Å²) in [6.07, 6.45) is 0. The minimum atomic E-state index is -3.62. The Kier molecular flexibility index (Phi) is 4.36. The maximum Gasteiger partial charge on any atom is 0.269 e. The van der Waals surface area contributed by atoms with Crippen molar-refractivity contribution in [1.29, 1.82) is 5.26 Å². The largest absolute Gasteiger partial charge is 0.269 e. The molecule has 1 unspecified atom stereocenters. The van der Waals surface area contributed by atoms with Crippen molar-refractivity contribution in [3.63, 3.8) is 0 Å². The lowest BCUT2D eigenvalue weighted by molar-refractivity contribution is -0.384. The number of hydrogen-bond donors (Lipinski definition) is 1. The van der Waals surface area contributed by atoms with Gasteiger partial charge in [0.05, 0.1) is 16.7 Å². The van der Waals surface area contributed by atoms with Gasteiger partial charge in [0.15, 0.2) is 0 Å². The number of non-ortho nitro benzene ring substituents is 1. The van der Waals surface area contributed by atoms with Crippen LogP contribution in [0.5, 0.6) is 0 Å². The van der Waals surface area contributed by atoms with Crippen LogP contribution in [0.1, 0.15) is 12.5 Å². The first-order valence-corrected chi connectivity index (χ1v) is 6.62. The van der Waals surface area contributed by atoms with E-state index < -0.39 is 21.0 Å². The second-order valence-corrected chi connectivity index (χ2v) is 5.41. The summed E-state index contributed by atoms with van der Waals surface area (Å²) < 4.78 is 25.4. The SMILES string of the molecule is CC(C#N)NS(=O)(=O)Cc1ccc([N+](=O)[O-])cc1. The highest BCUT2D eigenvalue weighted by Gasteiger charge is 2.15. The van der Waals surface area contributed by atoms with Gasteiger partial charge in [-0.25, -0.2) is 8.42 Å². The molecule has 0 heterocycles. The van der Waals surface area contributed by atoms with E-state index in [0.717, 1.165) is 0 Å². The average molecular weight is 269 g/mol. The number of nitriles is 1. The van der Waals surface area contributed by atoms with Crippen LogP contribution in [0.15, 0.2) is 24.3 Å². The Morgan fingerprint density at radius 3 is 2.44 bits per heavy atom.